The molecule has 2 unspecified atom stereocenters. The number of allylic oxidation sites excluding steroid dienone is 2. The van der Waals surface area contributed by atoms with Crippen molar-refractivity contribution < 1.29 is 18.7 Å². The van der Waals surface area contributed by atoms with Crippen LogP contribution >= 0.6 is 0 Å². The standard InChI is InChI=1S/C30H49FO3Si/c1-9-10-19-17-20-18-21(34-35(7,8)28(2,3)4)13-15-29(20,5)23-14-16-30(6)22(25(19)23)11-12-24(30)26(31)27(32)33/h17,19,21-23,25H,9-16,18H2,1-8H3,(H,32,33)/t19?,21?,22-,23-,25-,29-,30-/m0/s1. The Morgan fingerprint density at radius 1 is 1.14 bits per heavy atom. The van der Waals surface area contributed by atoms with Crippen LogP contribution in [0.5, 0.6) is 0 Å². The number of hydrogen-bond acceptors (Lipinski definition) is 2. The third-order valence-corrected chi connectivity index (χ3v) is 15.9. The molecule has 0 aromatic rings. The summed E-state index contributed by atoms with van der Waals surface area (Å²) in [7, 11) is -1.81. The molecule has 3 nitrogen and oxygen atoms in total. The van der Waals surface area contributed by atoms with Gasteiger partial charge in [-0.15, -0.1) is 0 Å². The Kier molecular flexibility index (Phi) is 7.06. The van der Waals surface area contributed by atoms with Crippen molar-refractivity contribution in [3.05, 3.63) is 23.0 Å². The number of carboxylic acid groups (broad SMARTS) is 1. The predicted molar refractivity (Wildman–Crippen MR) is 143 cm³/mol. The zero-order chi connectivity index (χ0) is 26.0. The number of rotatable bonds is 5. The van der Waals surface area contributed by atoms with E-state index in [-0.39, 0.29) is 15.9 Å². The van der Waals surface area contributed by atoms with E-state index in [1.165, 1.54) is 12.8 Å². The average molecular weight is 505 g/mol. The van der Waals surface area contributed by atoms with Gasteiger partial charge in [-0.25, -0.2) is 4.79 Å². The average Bonchev–Trinajstić information content (AvgIpc) is 3.10. The van der Waals surface area contributed by atoms with E-state index in [0.29, 0.717) is 41.8 Å². The monoisotopic (exact) mass is 504 g/mol. The van der Waals surface area contributed by atoms with Crippen LogP contribution in [-0.4, -0.2) is 25.5 Å². The van der Waals surface area contributed by atoms with Gasteiger partial charge in [0.15, 0.2) is 8.32 Å². The van der Waals surface area contributed by atoms with Crippen molar-refractivity contribution in [2.45, 2.75) is 124 Å². The Morgan fingerprint density at radius 3 is 2.37 bits per heavy atom. The summed E-state index contributed by atoms with van der Waals surface area (Å²) in [4.78, 5) is 11.5. The molecule has 4 rings (SSSR count). The molecule has 0 heterocycles. The minimum atomic E-state index is -1.81. The summed E-state index contributed by atoms with van der Waals surface area (Å²) < 4.78 is 21.7. The van der Waals surface area contributed by atoms with Crippen LogP contribution in [0.2, 0.25) is 18.1 Å². The van der Waals surface area contributed by atoms with Crippen LogP contribution < -0.4 is 0 Å². The zero-order valence-corrected chi connectivity index (χ0v) is 24.5. The van der Waals surface area contributed by atoms with Crippen molar-refractivity contribution in [1.82, 2.24) is 0 Å². The lowest BCUT2D eigenvalue weighted by Gasteiger charge is -2.60. The second-order valence-corrected chi connectivity index (χ2v) is 18.9. The molecule has 0 aliphatic heterocycles. The largest absolute Gasteiger partial charge is 0.476 e. The highest BCUT2D eigenvalue weighted by atomic mass is 28.4. The molecule has 7 atom stereocenters. The quantitative estimate of drug-likeness (QED) is 0.231. The molecule has 35 heavy (non-hydrogen) atoms. The van der Waals surface area contributed by atoms with Gasteiger partial charge in [-0.2, -0.15) is 4.39 Å². The van der Waals surface area contributed by atoms with Gasteiger partial charge in [0.2, 0.25) is 5.83 Å². The number of hydrogen-bond donors (Lipinski definition) is 1. The van der Waals surface area contributed by atoms with Crippen molar-refractivity contribution >= 4 is 14.3 Å². The van der Waals surface area contributed by atoms with Crippen LogP contribution in [0.15, 0.2) is 23.0 Å². The van der Waals surface area contributed by atoms with E-state index in [4.69, 9.17) is 4.43 Å². The first-order chi connectivity index (χ1) is 16.2. The number of fused-ring (bicyclic) bond motifs is 5. The van der Waals surface area contributed by atoms with Crippen molar-refractivity contribution in [3.63, 3.8) is 0 Å². The van der Waals surface area contributed by atoms with E-state index in [1.54, 1.807) is 5.57 Å². The molecule has 4 aliphatic carbocycles. The summed E-state index contributed by atoms with van der Waals surface area (Å²) in [5.74, 6) is -0.225. The molecular weight excluding hydrogens is 455 g/mol. The Labute approximate surface area is 214 Å². The van der Waals surface area contributed by atoms with Gasteiger partial charge in [0.1, 0.15) is 0 Å². The highest BCUT2D eigenvalue weighted by molar-refractivity contribution is 6.74. The Hall–Kier alpha value is -0.943. The molecule has 3 fully saturated rings. The first kappa shape index (κ1) is 27.1. The number of carboxylic acids is 1. The lowest BCUT2D eigenvalue weighted by molar-refractivity contribution is -0.134. The molecule has 0 amide bonds. The SMILES string of the molecule is CCCC1C=C2CC(O[Si](C)(C)C(C)(C)C)CC[C@]2(C)[C@H]2CC[C@]3(C)C(=C(F)C(=O)O)CC[C@H]3[C@H]12. The minimum absolute atomic E-state index is 0.196. The molecule has 1 N–H and O–H groups in total. The van der Waals surface area contributed by atoms with Crippen molar-refractivity contribution in [1.29, 1.82) is 0 Å². The second kappa shape index (κ2) is 9.11. The summed E-state index contributed by atoms with van der Waals surface area (Å²) in [6.45, 7) is 18.7. The van der Waals surface area contributed by atoms with Crippen LogP contribution in [0.1, 0.15) is 99.3 Å². The summed E-state index contributed by atoms with van der Waals surface area (Å²) >= 11 is 0. The van der Waals surface area contributed by atoms with Gasteiger partial charge in [0.25, 0.3) is 0 Å². The Balaban J connectivity index is 1.66. The molecule has 3 saturated carbocycles. The molecule has 0 saturated heterocycles. The summed E-state index contributed by atoms with van der Waals surface area (Å²) in [6, 6.07) is 0. The maximum absolute atomic E-state index is 14.8. The van der Waals surface area contributed by atoms with Crippen LogP contribution in [0.3, 0.4) is 0 Å². The Bertz CT molecular complexity index is 915. The molecule has 4 aliphatic rings. The summed E-state index contributed by atoms with van der Waals surface area (Å²) in [6.07, 6.45) is 12.2. The zero-order valence-electron chi connectivity index (χ0n) is 23.5. The normalized spacial score (nSPS) is 40.9. The van der Waals surface area contributed by atoms with Crippen molar-refractivity contribution in [3.8, 4) is 0 Å². The van der Waals surface area contributed by atoms with Crippen LogP contribution in [0, 0.1) is 34.5 Å². The molecular formula is C30H49FO3Si. The van der Waals surface area contributed by atoms with Crippen LogP contribution in [0.25, 0.3) is 0 Å². The number of aliphatic carboxylic acids is 1. The molecule has 0 aromatic heterocycles. The fraction of sp³-hybridized carbons (Fsp3) is 0.833. The maximum atomic E-state index is 14.8. The van der Waals surface area contributed by atoms with E-state index in [9.17, 15) is 14.3 Å². The van der Waals surface area contributed by atoms with Crippen LogP contribution in [-0.2, 0) is 9.22 Å². The van der Waals surface area contributed by atoms with Gasteiger partial charge in [0, 0.05) is 6.10 Å². The van der Waals surface area contributed by atoms with Gasteiger partial charge in [0.05, 0.1) is 0 Å². The van der Waals surface area contributed by atoms with E-state index < -0.39 is 20.1 Å². The minimum Gasteiger partial charge on any atom is -0.476 e. The molecule has 198 valence electrons. The first-order valence-electron chi connectivity index (χ1n) is 14.2. The maximum Gasteiger partial charge on any atom is 0.364 e. The topological polar surface area (TPSA) is 46.5 Å². The van der Waals surface area contributed by atoms with Crippen LogP contribution in [0.4, 0.5) is 4.39 Å². The molecule has 0 aromatic carbocycles. The van der Waals surface area contributed by atoms with Gasteiger partial charge in [-0.05, 0) is 110 Å². The van der Waals surface area contributed by atoms with E-state index >= 15 is 0 Å². The van der Waals surface area contributed by atoms with E-state index in [2.05, 4.69) is 60.7 Å². The Morgan fingerprint density at radius 2 is 1.77 bits per heavy atom. The lowest BCUT2D eigenvalue weighted by Crippen LogP contribution is -2.53. The van der Waals surface area contributed by atoms with Gasteiger partial charge < -0.3 is 9.53 Å². The van der Waals surface area contributed by atoms with Gasteiger partial charge in [-0.3, -0.25) is 0 Å². The molecule has 0 spiro atoms. The van der Waals surface area contributed by atoms with Crippen molar-refractivity contribution in [2.75, 3.05) is 0 Å². The van der Waals surface area contributed by atoms with Gasteiger partial charge >= 0.3 is 5.97 Å². The second-order valence-electron chi connectivity index (χ2n) is 14.2. The fourth-order valence-electron chi connectivity index (χ4n) is 8.40. The summed E-state index contributed by atoms with van der Waals surface area (Å²) in [5.41, 5.74) is 2.11. The first-order valence-corrected chi connectivity index (χ1v) is 17.1. The van der Waals surface area contributed by atoms with Crippen molar-refractivity contribution in [2.24, 2.45) is 34.5 Å². The van der Waals surface area contributed by atoms with E-state index in [1.807, 2.05) is 0 Å². The summed E-state index contributed by atoms with van der Waals surface area (Å²) in [5, 5.41) is 9.63. The highest BCUT2D eigenvalue weighted by Crippen LogP contribution is 2.68. The smallest absolute Gasteiger partial charge is 0.364 e. The number of carbonyl (C=O) groups is 1. The fourth-order valence-corrected chi connectivity index (χ4v) is 9.78. The van der Waals surface area contributed by atoms with Gasteiger partial charge in [-0.1, -0.05) is 59.6 Å². The lowest BCUT2D eigenvalue weighted by atomic mass is 9.45. The van der Waals surface area contributed by atoms with E-state index in [0.717, 1.165) is 38.5 Å². The third kappa shape index (κ3) is 4.41. The molecule has 0 radical (unpaired) electrons. The highest BCUT2D eigenvalue weighted by Gasteiger charge is 2.60. The predicted octanol–water partition coefficient (Wildman–Crippen LogP) is 8.67. The number of halogens is 1. The third-order valence-electron chi connectivity index (χ3n) is 11.4. The molecule has 0 bridgehead atoms. The molecule has 5 heteroatoms.